The van der Waals surface area contributed by atoms with E-state index in [9.17, 15) is 9.59 Å². The van der Waals surface area contributed by atoms with Crippen LogP contribution < -0.4 is 10.1 Å². The maximum Gasteiger partial charge on any atom is 0.407 e. The molecule has 1 aliphatic heterocycles. The average Bonchev–Trinajstić information content (AvgIpc) is 2.85. The lowest BCUT2D eigenvalue weighted by Gasteiger charge is -2.21. The van der Waals surface area contributed by atoms with Gasteiger partial charge in [-0.1, -0.05) is 37.8 Å². The lowest BCUT2D eigenvalue weighted by atomic mass is 10.1. The molecule has 0 aromatic heterocycles. The molecule has 2 rings (SSSR count). The first kappa shape index (κ1) is 15.9. The lowest BCUT2D eigenvalue weighted by molar-refractivity contribution is -0.151. The Bertz CT molecular complexity index is 557. The van der Waals surface area contributed by atoms with Crippen LogP contribution in [0.4, 0.5) is 4.79 Å². The van der Waals surface area contributed by atoms with E-state index in [0.29, 0.717) is 5.75 Å². The number of carbonyl (C=O) groups is 2. The number of amides is 1. The Morgan fingerprint density at radius 3 is 3.00 bits per heavy atom. The number of nitrogens with one attached hydrogen (secondary N) is 1. The van der Waals surface area contributed by atoms with E-state index in [1.165, 1.54) is 6.08 Å². The first-order valence-electron chi connectivity index (χ1n) is 7.12. The number of alkyl carbamates (subject to hydrolysis) is 1. The molecule has 0 bridgehead atoms. The number of hydrogen-bond acceptors (Lipinski definition) is 5. The number of para-hydroxylation sites is 1. The summed E-state index contributed by atoms with van der Waals surface area (Å²) < 4.78 is 15.7. The highest BCUT2D eigenvalue weighted by Gasteiger charge is 2.38. The molecule has 1 N–H and O–H groups in total. The molecule has 0 aliphatic carbocycles. The molecule has 118 valence electrons. The quantitative estimate of drug-likeness (QED) is 0.644. The minimum absolute atomic E-state index is 0.0438. The summed E-state index contributed by atoms with van der Waals surface area (Å²) in [6.45, 7) is 5.56. The van der Waals surface area contributed by atoms with Gasteiger partial charge in [-0.05, 0) is 18.1 Å². The summed E-state index contributed by atoms with van der Waals surface area (Å²) >= 11 is 0. The molecule has 1 aromatic rings. The zero-order valence-electron chi connectivity index (χ0n) is 12.4. The van der Waals surface area contributed by atoms with Crippen molar-refractivity contribution in [3.05, 3.63) is 42.5 Å². The second-order valence-corrected chi connectivity index (χ2v) is 4.78. The minimum Gasteiger partial charge on any atom is -0.452 e. The van der Waals surface area contributed by atoms with Gasteiger partial charge in [-0.15, -0.1) is 0 Å². The summed E-state index contributed by atoms with van der Waals surface area (Å²) in [5, 5.41) is 2.57. The van der Waals surface area contributed by atoms with E-state index in [4.69, 9.17) is 14.2 Å². The largest absolute Gasteiger partial charge is 0.452 e. The maximum absolute atomic E-state index is 11.6. The summed E-state index contributed by atoms with van der Waals surface area (Å²) in [5.74, 6) is 0.212. The molecule has 1 saturated heterocycles. The summed E-state index contributed by atoms with van der Waals surface area (Å²) in [7, 11) is 0. The first-order valence-corrected chi connectivity index (χ1v) is 7.12. The smallest absolute Gasteiger partial charge is 0.407 e. The second kappa shape index (κ2) is 7.49. The number of esters is 1. The number of rotatable bonds is 6. The number of benzene rings is 1. The van der Waals surface area contributed by atoms with Gasteiger partial charge >= 0.3 is 12.1 Å². The number of hydrogen-bond donors (Lipinski definition) is 1. The number of ether oxygens (including phenoxy) is 3. The fourth-order valence-electron chi connectivity index (χ4n) is 2.12. The van der Waals surface area contributed by atoms with Gasteiger partial charge in [0.15, 0.2) is 0 Å². The van der Waals surface area contributed by atoms with Gasteiger partial charge in [-0.3, -0.25) is 4.79 Å². The van der Waals surface area contributed by atoms with Gasteiger partial charge in [0.2, 0.25) is 0 Å². The Labute approximate surface area is 129 Å². The number of cyclic esters (lactones) is 1. The maximum atomic E-state index is 11.6. The fraction of sp³-hybridized carbons (Fsp3) is 0.375. The lowest BCUT2D eigenvalue weighted by Crippen LogP contribution is -2.43. The Morgan fingerprint density at radius 1 is 1.50 bits per heavy atom. The summed E-state index contributed by atoms with van der Waals surface area (Å²) in [6.07, 6.45) is 0.789. The molecule has 1 heterocycles. The van der Waals surface area contributed by atoms with Crippen LogP contribution in [0.1, 0.15) is 18.9 Å². The molecule has 2 unspecified atom stereocenters. The van der Waals surface area contributed by atoms with Gasteiger partial charge in [0.1, 0.15) is 18.4 Å². The molecule has 22 heavy (non-hydrogen) atoms. The van der Waals surface area contributed by atoms with Crippen LogP contribution in [-0.4, -0.2) is 31.0 Å². The molecule has 6 heteroatoms. The van der Waals surface area contributed by atoms with Crippen molar-refractivity contribution < 1.29 is 23.8 Å². The SMILES string of the molecule is C=CCOC(=O)NC1CC(=O)OC1Oc1ccccc1CC. The molecule has 0 spiro atoms. The van der Waals surface area contributed by atoms with Crippen LogP contribution in [0.2, 0.25) is 0 Å². The van der Waals surface area contributed by atoms with Crippen LogP contribution in [0.25, 0.3) is 0 Å². The molecule has 1 amide bonds. The van der Waals surface area contributed by atoms with E-state index in [1.807, 2.05) is 25.1 Å². The van der Waals surface area contributed by atoms with Crippen molar-refractivity contribution in [3.8, 4) is 5.75 Å². The summed E-state index contributed by atoms with van der Waals surface area (Å²) in [5.41, 5.74) is 0.999. The van der Waals surface area contributed by atoms with Gasteiger partial charge in [-0.2, -0.15) is 0 Å². The Balaban J connectivity index is 2.02. The molecule has 0 saturated carbocycles. The van der Waals surface area contributed by atoms with E-state index in [1.54, 1.807) is 6.07 Å². The molecule has 2 atom stereocenters. The van der Waals surface area contributed by atoms with Crippen LogP contribution >= 0.6 is 0 Å². The van der Waals surface area contributed by atoms with E-state index in [0.717, 1.165) is 12.0 Å². The zero-order valence-corrected chi connectivity index (χ0v) is 12.4. The monoisotopic (exact) mass is 305 g/mol. The van der Waals surface area contributed by atoms with E-state index >= 15 is 0 Å². The molecule has 1 aromatic carbocycles. The third-order valence-corrected chi connectivity index (χ3v) is 3.19. The number of carbonyl (C=O) groups excluding carboxylic acids is 2. The van der Waals surface area contributed by atoms with Crippen molar-refractivity contribution in [1.29, 1.82) is 0 Å². The van der Waals surface area contributed by atoms with Crippen molar-refractivity contribution in [1.82, 2.24) is 5.32 Å². The first-order chi connectivity index (χ1) is 10.6. The van der Waals surface area contributed by atoms with Crippen LogP contribution in [0.3, 0.4) is 0 Å². The predicted octanol–water partition coefficient (Wildman–Crippen LogP) is 2.18. The van der Waals surface area contributed by atoms with Gasteiger partial charge in [0, 0.05) is 0 Å². The van der Waals surface area contributed by atoms with Gasteiger partial charge < -0.3 is 19.5 Å². The van der Waals surface area contributed by atoms with Crippen molar-refractivity contribution >= 4 is 12.1 Å². The van der Waals surface area contributed by atoms with Crippen molar-refractivity contribution in [2.24, 2.45) is 0 Å². The molecule has 1 fully saturated rings. The highest BCUT2D eigenvalue weighted by atomic mass is 16.7. The van der Waals surface area contributed by atoms with Gasteiger partial charge in [0.25, 0.3) is 6.29 Å². The molecule has 0 radical (unpaired) electrons. The topological polar surface area (TPSA) is 73.9 Å². The van der Waals surface area contributed by atoms with Crippen LogP contribution in [0.15, 0.2) is 36.9 Å². The van der Waals surface area contributed by atoms with E-state index in [-0.39, 0.29) is 13.0 Å². The van der Waals surface area contributed by atoms with Crippen LogP contribution in [0, 0.1) is 0 Å². The Morgan fingerprint density at radius 2 is 2.27 bits per heavy atom. The summed E-state index contributed by atoms with van der Waals surface area (Å²) in [4.78, 5) is 23.1. The van der Waals surface area contributed by atoms with Gasteiger partial charge in [0.05, 0.1) is 6.42 Å². The predicted molar refractivity (Wildman–Crippen MR) is 79.4 cm³/mol. The van der Waals surface area contributed by atoms with Crippen LogP contribution in [-0.2, 0) is 20.7 Å². The highest BCUT2D eigenvalue weighted by Crippen LogP contribution is 2.24. The normalized spacial score (nSPS) is 20.1. The Hall–Kier alpha value is -2.50. The summed E-state index contributed by atoms with van der Waals surface area (Å²) in [6, 6.07) is 6.90. The Kier molecular flexibility index (Phi) is 5.41. The minimum atomic E-state index is -0.864. The van der Waals surface area contributed by atoms with Crippen molar-refractivity contribution in [3.63, 3.8) is 0 Å². The third-order valence-electron chi connectivity index (χ3n) is 3.19. The molecular weight excluding hydrogens is 286 g/mol. The van der Waals surface area contributed by atoms with E-state index < -0.39 is 24.4 Å². The number of aryl methyl sites for hydroxylation is 1. The molecule has 6 nitrogen and oxygen atoms in total. The van der Waals surface area contributed by atoms with Crippen molar-refractivity contribution in [2.75, 3.05) is 6.61 Å². The standard InChI is InChI=1S/C16H19NO5/c1-3-9-20-16(19)17-12-10-14(18)22-15(12)21-13-8-6-5-7-11(13)4-2/h3,5-8,12,15H,1,4,9-10H2,2H3,(H,17,19). The average molecular weight is 305 g/mol. The fourth-order valence-corrected chi connectivity index (χ4v) is 2.12. The van der Waals surface area contributed by atoms with Crippen molar-refractivity contribution in [2.45, 2.75) is 32.1 Å². The molecular formula is C16H19NO5. The third kappa shape index (κ3) is 4.00. The van der Waals surface area contributed by atoms with E-state index in [2.05, 4.69) is 11.9 Å². The highest BCUT2D eigenvalue weighted by molar-refractivity contribution is 5.75. The van der Waals surface area contributed by atoms with Crippen LogP contribution in [0.5, 0.6) is 5.75 Å². The second-order valence-electron chi connectivity index (χ2n) is 4.78. The zero-order chi connectivity index (χ0) is 15.9. The van der Waals surface area contributed by atoms with Gasteiger partial charge in [-0.25, -0.2) is 4.79 Å². The molecule has 1 aliphatic rings.